The number of carboxylic acids is 1. The average molecular weight is 300 g/mol. The van der Waals surface area contributed by atoms with E-state index in [-0.39, 0.29) is 22.6 Å². The second-order valence-corrected chi connectivity index (χ2v) is 4.59. The van der Waals surface area contributed by atoms with E-state index in [1.807, 2.05) is 0 Å². The van der Waals surface area contributed by atoms with Crippen molar-refractivity contribution in [1.82, 2.24) is 5.32 Å². The highest BCUT2D eigenvalue weighted by Gasteiger charge is 2.45. The minimum Gasteiger partial charge on any atom is -0.508 e. The average Bonchev–Trinajstić information content (AvgIpc) is 2.50. The SMILES string of the molecule is NC=CNC(C(=O)O)(c1ccccc1O)c1ccccc1O. The molecule has 2 rings (SSSR count). The van der Waals surface area contributed by atoms with Crippen LogP contribution in [-0.2, 0) is 10.3 Å². The molecule has 0 aliphatic heterocycles. The third-order valence-corrected chi connectivity index (χ3v) is 3.33. The molecule has 0 aliphatic rings. The highest BCUT2D eigenvalue weighted by molar-refractivity contribution is 5.87. The Hall–Kier alpha value is -3.15. The number of benzene rings is 2. The van der Waals surface area contributed by atoms with Crippen molar-refractivity contribution in [2.45, 2.75) is 5.54 Å². The molecule has 0 heterocycles. The van der Waals surface area contributed by atoms with Gasteiger partial charge in [0.2, 0.25) is 0 Å². The number of phenols is 2. The Morgan fingerprint density at radius 2 is 1.45 bits per heavy atom. The van der Waals surface area contributed by atoms with Crippen molar-refractivity contribution < 1.29 is 20.1 Å². The minimum absolute atomic E-state index is 0.0853. The van der Waals surface area contributed by atoms with E-state index in [0.717, 1.165) is 6.20 Å². The lowest BCUT2D eigenvalue weighted by molar-refractivity contribution is -0.143. The number of rotatable bonds is 5. The van der Waals surface area contributed by atoms with Crippen LogP contribution in [0.3, 0.4) is 0 Å². The second kappa shape index (κ2) is 6.09. The van der Waals surface area contributed by atoms with Gasteiger partial charge in [0.1, 0.15) is 11.5 Å². The number of nitrogens with one attached hydrogen (secondary N) is 1. The Morgan fingerprint density at radius 3 is 1.82 bits per heavy atom. The number of phenolic OH excluding ortho intramolecular Hbond substituents is 2. The zero-order valence-electron chi connectivity index (χ0n) is 11.6. The van der Waals surface area contributed by atoms with Gasteiger partial charge in [-0.3, -0.25) is 0 Å². The smallest absolute Gasteiger partial charge is 0.339 e. The number of carbonyl (C=O) groups is 1. The summed E-state index contributed by atoms with van der Waals surface area (Å²) in [5.41, 5.74) is 3.60. The number of aromatic hydroxyl groups is 2. The summed E-state index contributed by atoms with van der Waals surface area (Å²) >= 11 is 0. The van der Waals surface area contributed by atoms with Gasteiger partial charge in [0.05, 0.1) is 0 Å². The number of hydrogen-bond acceptors (Lipinski definition) is 5. The minimum atomic E-state index is -1.88. The third kappa shape index (κ3) is 2.42. The van der Waals surface area contributed by atoms with E-state index in [1.54, 1.807) is 24.3 Å². The molecule has 0 atom stereocenters. The molecule has 0 spiro atoms. The zero-order chi connectivity index (χ0) is 16.2. The molecule has 0 amide bonds. The summed E-state index contributed by atoms with van der Waals surface area (Å²) in [5, 5.41) is 32.7. The normalized spacial score (nSPS) is 11.5. The Bertz CT molecular complexity index is 667. The molecule has 6 N–H and O–H groups in total. The van der Waals surface area contributed by atoms with E-state index in [0.29, 0.717) is 0 Å². The summed E-state index contributed by atoms with van der Waals surface area (Å²) in [7, 11) is 0. The lowest BCUT2D eigenvalue weighted by Crippen LogP contribution is -2.48. The van der Waals surface area contributed by atoms with Crippen LogP contribution in [0, 0.1) is 0 Å². The number of carboxylic acid groups (broad SMARTS) is 1. The fraction of sp³-hybridized carbons (Fsp3) is 0.0625. The standard InChI is InChI=1S/C16H16N2O4/c17-9-10-18-16(15(21)22,11-5-1-3-7-13(11)19)12-6-2-4-8-14(12)20/h1-10,18-20H,17H2,(H,21,22). The first-order valence-corrected chi connectivity index (χ1v) is 6.48. The molecule has 2 aromatic rings. The lowest BCUT2D eigenvalue weighted by Gasteiger charge is -2.32. The van der Waals surface area contributed by atoms with E-state index in [2.05, 4.69) is 5.32 Å². The van der Waals surface area contributed by atoms with Crippen LogP contribution < -0.4 is 11.1 Å². The number of aliphatic carboxylic acids is 1. The van der Waals surface area contributed by atoms with Gasteiger partial charge < -0.3 is 26.4 Å². The summed E-state index contributed by atoms with van der Waals surface area (Å²) in [6.45, 7) is 0. The van der Waals surface area contributed by atoms with Crippen LogP contribution in [-0.4, -0.2) is 21.3 Å². The molecular formula is C16H16N2O4. The molecule has 6 heteroatoms. The first kappa shape index (κ1) is 15.2. The second-order valence-electron chi connectivity index (χ2n) is 4.59. The predicted octanol–water partition coefficient (Wildman–Crippen LogP) is 1.45. The first-order valence-electron chi connectivity index (χ1n) is 6.48. The van der Waals surface area contributed by atoms with E-state index in [1.165, 1.54) is 30.5 Å². The molecule has 0 fully saturated rings. The van der Waals surface area contributed by atoms with Crippen molar-refractivity contribution in [3.8, 4) is 11.5 Å². The molecule has 22 heavy (non-hydrogen) atoms. The summed E-state index contributed by atoms with van der Waals surface area (Å²) < 4.78 is 0. The fourth-order valence-corrected chi connectivity index (χ4v) is 2.35. The van der Waals surface area contributed by atoms with Gasteiger partial charge in [0.15, 0.2) is 5.54 Å². The largest absolute Gasteiger partial charge is 0.508 e. The van der Waals surface area contributed by atoms with E-state index >= 15 is 0 Å². The molecule has 114 valence electrons. The van der Waals surface area contributed by atoms with Crippen LogP contribution in [0.4, 0.5) is 0 Å². The van der Waals surface area contributed by atoms with Gasteiger partial charge in [-0.05, 0) is 12.1 Å². The van der Waals surface area contributed by atoms with Crippen molar-refractivity contribution in [2.24, 2.45) is 5.73 Å². The number of hydrogen-bond donors (Lipinski definition) is 5. The highest BCUT2D eigenvalue weighted by Crippen LogP contribution is 2.39. The summed E-state index contributed by atoms with van der Waals surface area (Å²) in [4.78, 5) is 12.1. The van der Waals surface area contributed by atoms with Crippen LogP contribution in [0.25, 0.3) is 0 Å². The summed E-state index contributed by atoms with van der Waals surface area (Å²) in [5.74, 6) is -1.73. The number of nitrogens with two attached hydrogens (primary N) is 1. The monoisotopic (exact) mass is 300 g/mol. The Kier molecular flexibility index (Phi) is 4.22. The van der Waals surface area contributed by atoms with Crippen molar-refractivity contribution >= 4 is 5.97 Å². The van der Waals surface area contributed by atoms with Gasteiger partial charge in [0.25, 0.3) is 0 Å². The number of para-hydroxylation sites is 2. The van der Waals surface area contributed by atoms with Crippen molar-refractivity contribution in [3.05, 3.63) is 72.1 Å². The van der Waals surface area contributed by atoms with Crippen LogP contribution in [0.15, 0.2) is 60.9 Å². The molecule has 6 nitrogen and oxygen atoms in total. The maximum atomic E-state index is 12.1. The lowest BCUT2D eigenvalue weighted by atomic mass is 9.81. The Balaban J connectivity index is 2.81. The molecule has 0 aliphatic carbocycles. The topological polar surface area (TPSA) is 116 Å². The molecule has 0 unspecified atom stereocenters. The molecule has 0 bridgehead atoms. The quantitative estimate of drug-likeness (QED) is 0.570. The Morgan fingerprint density at radius 1 is 1.00 bits per heavy atom. The van der Waals surface area contributed by atoms with Crippen molar-refractivity contribution in [2.75, 3.05) is 0 Å². The van der Waals surface area contributed by atoms with Gasteiger partial charge >= 0.3 is 5.97 Å². The van der Waals surface area contributed by atoms with Crippen LogP contribution in [0.2, 0.25) is 0 Å². The van der Waals surface area contributed by atoms with Crippen LogP contribution >= 0.6 is 0 Å². The molecule has 0 saturated carbocycles. The van der Waals surface area contributed by atoms with Crippen molar-refractivity contribution in [3.63, 3.8) is 0 Å². The maximum Gasteiger partial charge on any atom is 0.339 e. The first-order chi connectivity index (χ1) is 10.5. The molecule has 0 saturated heterocycles. The zero-order valence-corrected chi connectivity index (χ0v) is 11.6. The molecular weight excluding hydrogens is 284 g/mol. The van der Waals surface area contributed by atoms with E-state index < -0.39 is 11.5 Å². The van der Waals surface area contributed by atoms with Gasteiger partial charge in [0, 0.05) is 23.5 Å². The Labute approximate surface area is 127 Å². The molecule has 0 aromatic heterocycles. The maximum absolute atomic E-state index is 12.1. The molecule has 0 radical (unpaired) electrons. The summed E-state index contributed by atoms with van der Waals surface area (Å²) in [6, 6.07) is 12.0. The van der Waals surface area contributed by atoms with Gasteiger partial charge in [-0.2, -0.15) is 0 Å². The van der Waals surface area contributed by atoms with Gasteiger partial charge in [-0.25, -0.2) is 4.79 Å². The van der Waals surface area contributed by atoms with Gasteiger partial charge in [-0.1, -0.05) is 36.4 Å². The van der Waals surface area contributed by atoms with Crippen molar-refractivity contribution in [1.29, 1.82) is 0 Å². The van der Waals surface area contributed by atoms with Crippen LogP contribution in [0.1, 0.15) is 11.1 Å². The summed E-state index contributed by atoms with van der Waals surface area (Å²) in [6.07, 6.45) is 2.38. The van der Waals surface area contributed by atoms with Gasteiger partial charge in [-0.15, -0.1) is 0 Å². The predicted molar refractivity (Wildman–Crippen MR) is 81.1 cm³/mol. The van der Waals surface area contributed by atoms with E-state index in [9.17, 15) is 20.1 Å². The van der Waals surface area contributed by atoms with E-state index in [4.69, 9.17) is 5.73 Å². The van der Waals surface area contributed by atoms with Crippen LogP contribution in [0.5, 0.6) is 11.5 Å². The third-order valence-electron chi connectivity index (χ3n) is 3.33. The highest BCUT2D eigenvalue weighted by atomic mass is 16.4. The fourth-order valence-electron chi connectivity index (χ4n) is 2.35. The molecule has 2 aromatic carbocycles.